The minimum absolute atomic E-state index is 0.111. The molecule has 0 spiro atoms. The largest absolute Gasteiger partial charge is 0.489 e. The molecular weight excluding hydrogens is 456 g/mol. The molecule has 1 unspecified atom stereocenters. The normalized spacial score (nSPS) is 23.6. The lowest BCUT2D eigenvalue weighted by Gasteiger charge is -2.32. The number of hydrogen-bond acceptors (Lipinski definition) is 6. The molecule has 1 heterocycles. The van der Waals surface area contributed by atoms with Gasteiger partial charge in [-0.1, -0.05) is 53.7 Å². The SMILES string of the molecule is CC(C)(C)OC(=O)N1CCC(=NO)C1COC1CCC(c2ccccc2OCc2ccccc2)CC1. The Labute approximate surface area is 214 Å². The van der Waals surface area contributed by atoms with Gasteiger partial charge < -0.3 is 19.4 Å². The molecule has 1 saturated carbocycles. The van der Waals surface area contributed by atoms with Gasteiger partial charge in [-0.25, -0.2) is 4.79 Å². The van der Waals surface area contributed by atoms with E-state index < -0.39 is 17.7 Å². The van der Waals surface area contributed by atoms with Crippen molar-refractivity contribution >= 4 is 11.8 Å². The predicted octanol–water partition coefficient (Wildman–Crippen LogP) is 6.15. The van der Waals surface area contributed by atoms with Crippen LogP contribution in [0.4, 0.5) is 4.79 Å². The van der Waals surface area contributed by atoms with Crippen LogP contribution in [0.2, 0.25) is 0 Å². The molecular formula is C29H38N2O5. The van der Waals surface area contributed by atoms with Gasteiger partial charge in [-0.15, -0.1) is 0 Å². The van der Waals surface area contributed by atoms with Gasteiger partial charge in [0.15, 0.2) is 0 Å². The molecule has 0 bridgehead atoms. The van der Waals surface area contributed by atoms with E-state index in [4.69, 9.17) is 14.2 Å². The van der Waals surface area contributed by atoms with Crippen molar-refractivity contribution in [3.05, 3.63) is 65.7 Å². The number of amides is 1. The highest BCUT2D eigenvalue weighted by molar-refractivity contribution is 5.94. The van der Waals surface area contributed by atoms with Crippen LogP contribution in [0, 0.1) is 0 Å². The number of nitrogens with zero attached hydrogens (tertiary/aromatic N) is 2. The summed E-state index contributed by atoms with van der Waals surface area (Å²) in [5.41, 5.74) is 2.40. The highest BCUT2D eigenvalue weighted by Crippen LogP contribution is 2.38. The van der Waals surface area contributed by atoms with Gasteiger partial charge in [0.05, 0.1) is 18.4 Å². The Morgan fingerprint density at radius 3 is 2.42 bits per heavy atom. The summed E-state index contributed by atoms with van der Waals surface area (Å²) in [5.74, 6) is 1.38. The molecule has 2 aliphatic rings. The Balaban J connectivity index is 1.30. The average Bonchev–Trinajstić information content (AvgIpc) is 3.29. The third-order valence-corrected chi connectivity index (χ3v) is 6.89. The molecule has 0 aromatic heterocycles. The van der Waals surface area contributed by atoms with Crippen molar-refractivity contribution in [2.24, 2.45) is 5.16 Å². The van der Waals surface area contributed by atoms with E-state index in [1.165, 1.54) is 5.56 Å². The first-order valence-electron chi connectivity index (χ1n) is 12.9. The maximum absolute atomic E-state index is 12.7. The lowest BCUT2D eigenvalue weighted by Crippen LogP contribution is -2.44. The zero-order chi connectivity index (χ0) is 25.5. The Hall–Kier alpha value is -3.06. The number of para-hydroxylation sites is 1. The fourth-order valence-corrected chi connectivity index (χ4v) is 5.03. The molecule has 2 aromatic rings. The standard InChI is InChI=1S/C29H38N2O5/c1-29(2,3)36-28(32)31-18-17-25(30-33)26(31)20-34-23-15-13-22(14-16-23)24-11-7-8-12-27(24)35-19-21-9-5-4-6-10-21/h4-12,22-23,26,33H,13-20H2,1-3H3. The summed E-state index contributed by atoms with van der Waals surface area (Å²) in [6.07, 6.45) is 4.13. The second-order valence-corrected chi connectivity index (χ2v) is 10.6. The fraction of sp³-hybridized carbons (Fsp3) is 0.517. The zero-order valence-corrected chi connectivity index (χ0v) is 21.6. The quantitative estimate of drug-likeness (QED) is 0.369. The molecule has 1 aliphatic carbocycles. The number of oxime groups is 1. The zero-order valence-electron chi connectivity index (χ0n) is 21.6. The van der Waals surface area contributed by atoms with E-state index in [1.807, 2.05) is 45.0 Å². The molecule has 194 valence electrons. The maximum Gasteiger partial charge on any atom is 0.410 e. The van der Waals surface area contributed by atoms with Crippen LogP contribution in [-0.4, -0.2) is 52.8 Å². The summed E-state index contributed by atoms with van der Waals surface area (Å²) in [4.78, 5) is 14.3. The van der Waals surface area contributed by atoms with Crippen LogP contribution in [0.5, 0.6) is 5.75 Å². The van der Waals surface area contributed by atoms with Crippen molar-refractivity contribution < 1.29 is 24.2 Å². The first-order chi connectivity index (χ1) is 17.3. The summed E-state index contributed by atoms with van der Waals surface area (Å²) in [6.45, 7) is 6.87. The highest BCUT2D eigenvalue weighted by atomic mass is 16.6. The Bertz CT molecular complexity index is 1030. The summed E-state index contributed by atoms with van der Waals surface area (Å²) in [7, 11) is 0. The third kappa shape index (κ3) is 6.78. The van der Waals surface area contributed by atoms with Crippen molar-refractivity contribution in [3.63, 3.8) is 0 Å². The van der Waals surface area contributed by atoms with E-state index in [1.54, 1.807) is 4.90 Å². The molecule has 1 amide bonds. The van der Waals surface area contributed by atoms with Crippen LogP contribution >= 0.6 is 0 Å². The molecule has 7 heteroatoms. The van der Waals surface area contributed by atoms with Gasteiger partial charge in [-0.3, -0.25) is 4.90 Å². The van der Waals surface area contributed by atoms with Gasteiger partial charge in [0.1, 0.15) is 24.0 Å². The van der Waals surface area contributed by atoms with Crippen LogP contribution in [0.3, 0.4) is 0 Å². The lowest BCUT2D eigenvalue weighted by atomic mass is 9.82. The number of benzene rings is 2. The predicted molar refractivity (Wildman–Crippen MR) is 139 cm³/mol. The molecule has 0 radical (unpaired) electrons. The van der Waals surface area contributed by atoms with Crippen molar-refractivity contribution in [2.75, 3.05) is 13.2 Å². The van der Waals surface area contributed by atoms with Crippen LogP contribution in [0.25, 0.3) is 0 Å². The van der Waals surface area contributed by atoms with Gasteiger partial charge in [0, 0.05) is 13.0 Å². The van der Waals surface area contributed by atoms with E-state index in [-0.39, 0.29) is 6.10 Å². The van der Waals surface area contributed by atoms with Gasteiger partial charge in [-0.2, -0.15) is 0 Å². The van der Waals surface area contributed by atoms with Crippen LogP contribution in [-0.2, 0) is 16.1 Å². The number of ether oxygens (including phenoxy) is 3. The van der Waals surface area contributed by atoms with Crippen molar-refractivity contribution in [1.82, 2.24) is 4.90 Å². The molecule has 1 aliphatic heterocycles. The first kappa shape index (κ1) is 26.0. The van der Waals surface area contributed by atoms with Crippen molar-refractivity contribution in [3.8, 4) is 5.75 Å². The topological polar surface area (TPSA) is 80.6 Å². The highest BCUT2D eigenvalue weighted by Gasteiger charge is 2.38. The Morgan fingerprint density at radius 2 is 1.72 bits per heavy atom. The maximum atomic E-state index is 12.7. The van der Waals surface area contributed by atoms with Crippen LogP contribution in [0.1, 0.15) is 69.9 Å². The second-order valence-electron chi connectivity index (χ2n) is 10.6. The summed E-state index contributed by atoms with van der Waals surface area (Å²) in [5, 5.41) is 12.9. The Morgan fingerprint density at radius 1 is 1.03 bits per heavy atom. The summed E-state index contributed by atoms with van der Waals surface area (Å²) >= 11 is 0. The second kappa shape index (κ2) is 11.8. The minimum atomic E-state index is -0.582. The number of likely N-dealkylation sites (tertiary alicyclic amines) is 1. The van der Waals surface area contributed by atoms with E-state index in [0.717, 1.165) is 37.0 Å². The molecule has 36 heavy (non-hydrogen) atoms. The Kier molecular flexibility index (Phi) is 8.52. The van der Waals surface area contributed by atoms with E-state index >= 15 is 0 Å². The summed E-state index contributed by atoms with van der Waals surface area (Å²) < 4.78 is 18.0. The van der Waals surface area contributed by atoms with Crippen LogP contribution in [0.15, 0.2) is 59.8 Å². The molecule has 1 atom stereocenters. The third-order valence-electron chi connectivity index (χ3n) is 6.89. The smallest absolute Gasteiger partial charge is 0.410 e. The molecule has 2 fully saturated rings. The van der Waals surface area contributed by atoms with Gasteiger partial charge in [0.2, 0.25) is 0 Å². The molecule has 7 nitrogen and oxygen atoms in total. The number of carbonyl (C=O) groups excluding carboxylic acids is 1. The van der Waals surface area contributed by atoms with E-state index in [0.29, 0.717) is 37.8 Å². The van der Waals surface area contributed by atoms with Gasteiger partial charge in [-0.05, 0) is 69.6 Å². The van der Waals surface area contributed by atoms with Gasteiger partial charge >= 0.3 is 6.09 Å². The molecule has 4 rings (SSSR count). The number of hydrogen-bond donors (Lipinski definition) is 1. The number of carbonyl (C=O) groups is 1. The monoisotopic (exact) mass is 494 g/mol. The van der Waals surface area contributed by atoms with Crippen molar-refractivity contribution in [2.45, 2.75) is 83.1 Å². The van der Waals surface area contributed by atoms with Crippen LogP contribution < -0.4 is 4.74 Å². The molecule has 1 N–H and O–H groups in total. The van der Waals surface area contributed by atoms with Gasteiger partial charge in [0.25, 0.3) is 0 Å². The molecule has 2 aromatic carbocycles. The lowest BCUT2D eigenvalue weighted by molar-refractivity contribution is -0.00866. The average molecular weight is 495 g/mol. The number of rotatable bonds is 7. The minimum Gasteiger partial charge on any atom is -0.489 e. The van der Waals surface area contributed by atoms with E-state index in [2.05, 4.69) is 35.5 Å². The van der Waals surface area contributed by atoms with E-state index in [9.17, 15) is 10.0 Å². The fourth-order valence-electron chi connectivity index (χ4n) is 5.03. The first-order valence-corrected chi connectivity index (χ1v) is 12.9. The molecule has 1 saturated heterocycles. The summed E-state index contributed by atoms with van der Waals surface area (Å²) in [6, 6.07) is 18.2. The van der Waals surface area contributed by atoms with Crippen molar-refractivity contribution in [1.29, 1.82) is 0 Å².